The van der Waals surface area contributed by atoms with Gasteiger partial charge in [-0.15, -0.1) is 0 Å². The molecule has 0 aliphatic carbocycles. The van der Waals surface area contributed by atoms with Crippen molar-refractivity contribution in [3.8, 4) is 22.8 Å². The van der Waals surface area contributed by atoms with E-state index in [4.69, 9.17) is 20.3 Å². The number of amidine groups is 1. The van der Waals surface area contributed by atoms with Gasteiger partial charge < -0.3 is 25.5 Å². The number of aldehydes is 1. The topological polar surface area (TPSA) is 124 Å². The third-order valence-electron chi connectivity index (χ3n) is 6.09. The van der Waals surface area contributed by atoms with Crippen LogP contribution in [0.15, 0.2) is 59.7 Å². The SMILES string of the molecule is CN/N=C(/N)c1c(-c2ccc(Oc3ccccc3)cc2)nn(CC2CCCN2C(=O)OC(C)(C)C)c1C=O. The fourth-order valence-corrected chi connectivity index (χ4v) is 4.46. The molecular weight excluding hydrogens is 484 g/mol. The first-order chi connectivity index (χ1) is 18.2. The van der Waals surface area contributed by atoms with Crippen molar-refractivity contribution in [1.29, 1.82) is 0 Å². The van der Waals surface area contributed by atoms with Crippen molar-refractivity contribution in [2.75, 3.05) is 13.6 Å². The van der Waals surface area contributed by atoms with E-state index in [0.717, 1.165) is 30.4 Å². The highest BCUT2D eigenvalue weighted by molar-refractivity contribution is 6.07. The second-order valence-corrected chi connectivity index (χ2v) is 10.0. The van der Waals surface area contributed by atoms with Gasteiger partial charge in [-0.1, -0.05) is 18.2 Å². The van der Waals surface area contributed by atoms with Crippen molar-refractivity contribution in [3.05, 3.63) is 65.9 Å². The maximum absolute atomic E-state index is 12.8. The number of aromatic nitrogens is 2. The molecule has 1 aliphatic heterocycles. The average Bonchev–Trinajstić information content (AvgIpc) is 3.49. The number of ether oxygens (including phenoxy) is 2. The van der Waals surface area contributed by atoms with Crippen LogP contribution >= 0.6 is 0 Å². The molecule has 1 amide bonds. The van der Waals surface area contributed by atoms with Crippen LogP contribution in [-0.2, 0) is 11.3 Å². The van der Waals surface area contributed by atoms with Crippen LogP contribution < -0.4 is 15.9 Å². The first kappa shape index (κ1) is 26.7. The van der Waals surface area contributed by atoms with E-state index in [0.29, 0.717) is 30.1 Å². The molecule has 1 unspecified atom stereocenters. The van der Waals surface area contributed by atoms with Crippen molar-refractivity contribution in [1.82, 2.24) is 20.1 Å². The van der Waals surface area contributed by atoms with E-state index in [-0.39, 0.29) is 23.7 Å². The Morgan fingerprint density at radius 1 is 1.16 bits per heavy atom. The Hall–Kier alpha value is -4.34. The van der Waals surface area contributed by atoms with E-state index in [2.05, 4.69) is 10.5 Å². The van der Waals surface area contributed by atoms with Crippen LogP contribution in [0.25, 0.3) is 11.3 Å². The summed E-state index contributed by atoms with van der Waals surface area (Å²) >= 11 is 0. The number of amides is 1. The molecule has 2 heterocycles. The van der Waals surface area contributed by atoms with Crippen LogP contribution in [0.1, 0.15) is 49.7 Å². The number of carbonyl (C=O) groups is 2. The Morgan fingerprint density at radius 3 is 2.47 bits per heavy atom. The number of hydrogen-bond donors (Lipinski definition) is 2. The number of hydrogen-bond acceptors (Lipinski definition) is 7. The normalized spacial score (nSPS) is 15.8. The summed E-state index contributed by atoms with van der Waals surface area (Å²) in [5, 5.41) is 8.89. The number of hydrazone groups is 1. The molecule has 2 aromatic carbocycles. The number of para-hydroxylation sites is 1. The molecule has 4 rings (SSSR count). The van der Waals surface area contributed by atoms with E-state index in [1.54, 1.807) is 16.6 Å². The lowest BCUT2D eigenvalue weighted by atomic mass is 10.0. The molecule has 10 nitrogen and oxygen atoms in total. The van der Waals surface area contributed by atoms with Gasteiger partial charge >= 0.3 is 6.09 Å². The Bertz CT molecular complexity index is 1300. The highest BCUT2D eigenvalue weighted by Gasteiger charge is 2.34. The zero-order valence-electron chi connectivity index (χ0n) is 22.2. The van der Waals surface area contributed by atoms with Gasteiger partial charge in [-0.2, -0.15) is 10.2 Å². The van der Waals surface area contributed by atoms with E-state index >= 15 is 0 Å². The second kappa shape index (κ2) is 11.4. The molecule has 1 aromatic heterocycles. The van der Waals surface area contributed by atoms with Crippen LogP contribution in [0.2, 0.25) is 0 Å². The number of nitrogens with two attached hydrogens (primary N) is 1. The third-order valence-corrected chi connectivity index (χ3v) is 6.09. The van der Waals surface area contributed by atoms with Crippen LogP contribution in [0, 0.1) is 0 Å². The van der Waals surface area contributed by atoms with Gasteiger partial charge in [0.2, 0.25) is 0 Å². The molecule has 0 bridgehead atoms. The predicted octanol–water partition coefficient (Wildman–Crippen LogP) is 4.39. The van der Waals surface area contributed by atoms with Gasteiger partial charge in [0.15, 0.2) is 12.1 Å². The van der Waals surface area contributed by atoms with Gasteiger partial charge in [0.25, 0.3) is 0 Å². The second-order valence-electron chi connectivity index (χ2n) is 10.0. The standard InChI is InChI=1S/C28H34N6O4/c1-28(2,3)38-27(36)33-16-8-9-20(33)17-34-23(18-35)24(26(29)31-30-4)25(32-34)19-12-14-22(15-13-19)37-21-10-6-5-7-11-21/h5-7,10-15,18,20,30H,8-9,16-17H2,1-4H3,(H2,29,31). The molecule has 200 valence electrons. The molecule has 3 N–H and O–H groups in total. The van der Waals surface area contributed by atoms with Crippen LogP contribution in [0.3, 0.4) is 0 Å². The highest BCUT2D eigenvalue weighted by Crippen LogP contribution is 2.30. The summed E-state index contributed by atoms with van der Waals surface area (Å²) in [6.45, 7) is 6.43. The predicted molar refractivity (Wildman–Crippen MR) is 145 cm³/mol. The van der Waals surface area contributed by atoms with Crippen LogP contribution in [0.5, 0.6) is 11.5 Å². The first-order valence-corrected chi connectivity index (χ1v) is 12.6. The Kier molecular flexibility index (Phi) is 7.99. The number of carbonyl (C=O) groups excluding carboxylic acids is 2. The lowest BCUT2D eigenvalue weighted by Crippen LogP contribution is -2.41. The van der Waals surface area contributed by atoms with Crippen molar-refractivity contribution in [2.24, 2.45) is 10.8 Å². The molecule has 0 spiro atoms. The van der Waals surface area contributed by atoms with Gasteiger partial charge in [0, 0.05) is 19.2 Å². The maximum Gasteiger partial charge on any atom is 0.410 e. The number of rotatable bonds is 8. The number of benzene rings is 2. The summed E-state index contributed by atoms with van der Waals surface area (Å²) in [5.74, 6) is 1.52. The molecule has 1 atom stereocenters. The summed E-state index contributed by atoms with van der Waals surface area (Å²) in [5.41, 5.74) is 10.3. The summed E-state index contributed by atoms with van der Waals surface area (Å²) in [6, 6.07) is 16.7. The van der Waals surface area contributed by atoms with Crippen molar-refractivity contribution in [3.63, 3.8) is 0 Å². The van der Waals surface area contributed by atoms with Gasteiger partial charge in [0.05, 0.1) is 18.2 Å². The number of nitrogens with one attached hydrogen (secondary N) is 1. The van der Waals surface area contributed by atoms with Gasteiger partial charge in [-0.3, -0.25) is 9.48 Å². The van der Waals surface area contributed by atoms with E-state index < -0.39 is 5.60 Å². The van der Waals surface area contributed by atoms with Crippen molar-refractivity contribution >= 4 is 18.2 Å². The minimum atomic E-state index is -0.599. The van der Waals surface area contributed by atoms with Gasteiger partial charge in [0.1, 0.15) is 28.5 Å². The molecular formula is C28H34N6O4. The number of nitrogens with zero attached hydrogens (tertiary/aromatic N) is 4. The molecule has 0 radical (unpaired) electrons. The molecule has 1 saturated heterocycles. The van der Waals surface area contributed by atoms with E-state index in [9.17, 15) is 9.59 Å². The van der Waals surface area contributed by atoms with Crippen LogP contribution in [0.4, 0.5) is 4.79 Å². The highest BCUT2D eigenvalue weighted by atomic mass is 16.6. The first-order valence-electron chi connectivity index (χ1n) is 12.6. The average molecular weight is 519 g/mol. The molecule has 1 fully saturated rings. The summed E-state index contributed by atoms with van der Waals surface area (Å²) < 4.78 is 13.1. The van der Waals surface area contributed by atoms with Crippen LogP contribution in [-0.4, -0.2) is 58.1 Å². The Balaban J connectivity index is 1.66. The fourth-order valence-electron chi connectivity index (χ4n) is 4.46. The van der Waals surface area contributed by atoms with Crippen molar-refractivity contribution in [2.45, 2.75) is 51.8 Å². The van der Waals surface area contributed by atoms with E-state index in [1.165, 1.54) is 0 Å². The molecule has 1 aliphatic rings. The largest absolute Gasteiger partial charge is 0.457 e. The molecule has 0 saturated carbocycles. The third kappa shape index (κ3) is 6.13. The molecule has 10 heteroatoms. The lowest BCUT2D eigenvalue weighted by Gasteiger charge is -2.28. The van der Waals surface area contributed by atoms with Gasteiger partial charge in [-0.25, -0.2) is 4.79 Å². The quantitative estimate of drug-likeness (QED) is 0.196. The fraction of sp³-hybridized carbons (Fsp3) is 0.357. The summed E-state index contributed by atoms with van der Waals surface area (Å²) in [7, 11) is 1.63. The van der Waals surface area contributed by atoms with Crippen molar-refractivity contribution < 1.29 is 19.1 Å². The molecule has 3 aromatic rings. The number of likely N-dealkylation sites (tertiary alicyclic amines) is 1. The lowest BCUT2D eigenvalue weighted by molar-refractivity contribution is 0.0211. The summed E-state index contributed by atoms with van der Waals surface area (Å²) in [6.07, 6.45) is 1.97. The zero-order valence-corrected chi connectivity index (χ0v) is 22.2. The zero-order chi connectivity index (χ0) is 27.3. The van der Waals surface area contributed by atoms with Gasteiger partial charge in [-0.05, 0) is 70.0 Å². The Labute approximate surface area is 222 Å². The monoisotopic (exact) mass is 518 g/mol. The Morgan fingerprint density at radius 2 is 1.84 bits per heavy atom. The summed E-state index contributed by atoms with van der Waals surface area (Å²) in [4.78, 5) is 26.8. The minimum absolute atomic E-state index is 0.135. The molecule has 38 heavy (non-hydrogen) atoms. The smallest absolute Gasteiger partial charge is 0.410 e. The minimum Gasteiger partial charge on any atom is -0.457 e. The van der Waals surface area contributed by atoms with E-state index in [1.807, 2.05) is 75.4 Å². The maximum atomic E-state index is 12.8.